The fourth-order valence-electron chi connectivity index (χ4n) is 0.895. The molecular formula is C10H17NO4. The monoisotopic (exact) mass is 215 g/mol. The molecule has 5 nitrogen and oxygen atoms in total. The Morgan fingerprint density at radius 2 is 2.27 bits per heavy atom. The van der Waals surface area contributed by atoms with Crippen molar-refractivity contribution in [2.24, 2.45) is 0 Å². The molecular weight excluding hydrogens is 198 g/mol. The zero-order chi connectivity index (χ0) is 11.7. The molecule has 0 aromatic carbocycles. The van der Waals surface area contributed by atoms with Gasteiger partial charge in [-0.1, -0.05) is 19.9 Å². The largest absolute Gasteiger partial charge is 0.480 e. The Labute approximate surface area is 89.1 Å². The summed E-state index contributed by atoms with van der Waals surface area (Å²) in [6.07, 6.45) is 2.87. The molecule has 0 aliphatic heterocycles. The van der Waals surface area contributed by atoms with Crippen LogP contribution >= 0.6 is 0 Å². The van der Waals surface area contributed by atoms with Gasteiger partial charge >= 0.3 is 11.9 Å². The first-order valence-electron chi connectivity index (χ1n) is 4.87. The van der Waals surface area contributed by atoms with Crippen molar-refractivity contribution in [3.05, 3.63) is 12.7 Å². The molecule has 0 radical (unpaired) electrons. The second kappa shape index (κ2) is 7.99. The predicted octanol–water partition coefficient (Wildman–Crippen LogP) is 0.558. The summed E-state index contributed by atoms with van der Waals surface area (Å²) in [7, 11) is 0. The molecule has 1 atom stereocenters. The van der Waals surface area contributed by atoms with E-state index in [1.807, 2.05) is 6.92 Å². The molecule has 0 bridgehead atoms. The maximum atomic E-state index is 10.7. The number of unbranched alkanes of at least 4 members (excludes halogenated alkanes) is 1. The second-order valence-corrected chi connectivity index (χ2v) is 3.03. The number of carbonyl (C=O) groups excluding carboxylic acids is 1. The molecule has 0 amide bonds. The van der Waals surface area contributed by atoms with Crippen LogP contribution in [0.15, 0.2) is 12.7 Å². The SMILES string of the molecule is C=CC(=O)OCC(NCCCC)C(=O)O. The van der Waals surface area contributed by atoms with Crippen LogP contribution in [0.3, 0.4) is 0 Å². The van der Waals surface area contributed by atoms with Gasteiger partial charge in [-0.25, -0.2) is 4.79 Å². The summed E-state index contributed by atoms with van der Waals surface area (Å²) in [5.74, 6) is -1.64. The molecule has 1 unspecified atom stereocenters. The summed E-state index contributed by atoms with van der Waals surface area (Å²) in [5.41, 5.74) is 0. The van der Waals surface area contributed by atoms with E-state index in [4.69, 9.17) is 5.11 Å². The molecule has 5 heteroatoms. The van der Waals surface area contributed by atoms with Gasteiger partial charge < -0.3 is 15.2 Å². The molecule has 15 heavy (non-hydrogen) atoms. The van der Waals surface area contributed by atoms with Crippen molar-refractivity contribution in [1.29, 1.82) is 0 Å². The van der Waals surface area contributed by atoms with Gasteiger partial charge in [-0.2, -0.15) is 0 Å². The predicted molar refractivity (Wildman–Crippen MR) is 55.5 cm³/mol. The standard InChI is InChI=1S/C10H17NO4/c1-3-5-6-11-8(10(13)14)7-15-9(12)4-2/h4,8,11H,2-3,5-7H2,1H3,(H,13,14). The quantitative estimate of drug-likeness (QED) is 0.351. The summed E-state index contributed by atoms with van der Waals surface area (Å²) in [4.78, 5) is 21.4. The van der Waals surface area contributed by atoms with E-state index < -0.39 is 18.0 Å². The van der Waals surface area contributed by atoms with Crippen LogP contribution in [-0.4, -0.2) is 36.2 Å². The number of rotatable bonds is 8. The van der Waals surface area contributed by atoms with Crippen molar-refractivity contribution in [2.75, 3.05) is 13.2 Å². The normalized spacial score (nSPS) is 11.8. The first kappa shape index (κ1) is 13.6. The maximum absolute atomic E-state index is 10.7. The van der Waals surface area contributed by atoms with Crippen LogP contribution in [0.1, 0.15) is 19.8 Å². The van der Waals surface area contributed by atoms with Crippen molar-refractivity contribution in [1.82, 2.24) is 5.32 Å². The highest BCUT2D eigenvalue weighted by atomic mass is 16.5. The van der Waals surface area contributed by atoms with Gasteiger partial charge in [0.05, 0.1) is 0 Å². The topological polar surface area (TPSA) is 75.6 Å². The van der Waals surface area contributed by atoms with Gasteiger partial charge in [-0.3, -0.25) is 4.79 Å². The highest BCUT2D eigenvalue weighted by Gasteiger charge is 2.17. The van der Waals surface area contributed by atoms with E-state index in [1.54, 1.807) is 0 Å². The molecule has 0 saturated carbocycles. The number of hydrogen-bond acceptors (Lipinski definition) is 4. The van der Waals surface area contributed by atoms with Crippen LogP contribution < -0.4 is 5.32 Å². The first-order chi connectivity index (χ1) is 7.11. The molecule has 0 aromatic rings. The Balaban J connectivity index is 3.88. The molecule has 0 saturated heterocycles. The number of ether oxygens (including phenoxy) is 1. The van der Waals surface area contributed by atoms with E-state index in [-0.39, 0.29) is 6.61 Å². The Bertz CT molecular complexity index is 227. The summed E-state index contributed by atoms with van der Waals surface area (Å²) in [6, 6.07) is -0.847. The third-order valence-corrected chi connectivity index (χ3v) is 1.78. The van der Waals surface area contributed by atoms with Crippen LogP contribution in [0.25, 0.3) is 0 Å². The van der Waals surface area contributed by atoms with Crippen molar-refractivity contribution >= 4 is 11.9 Å². The highest BCUT2D eigenvalue weighted by Crippen LogP contribution is 1.91. The molecule has 0 spiro atoms. The third kappa shape index (κ3) is 6.68. The molecule has 0 aliphatic carbocycles. The van der Waals surface area contributed by atoms with Crippen LogP contribution in [0.2, 0.25) is 0 Å². The van der Waals surface area contributed by atoms with E-state index >= 15 is 0 Å². The van der Waals surface area contributed by atoms with E-state index in [0.717, 1.165) is 18.9 Å². The lowest BCUT2D eigenvalue weighted by atomic mass is 10.3. The van der Waals surface area contributed by atoms with Gasteiger partial charge in [0.1, 0.15) is 12.6 Å². The molecule has 2 N–H and O–H groups in total. The van der Waals surface area contributed by atoms with Gasteiger partial charge in [0, 0.05) is 6.08 Å². The summed E-state index contributed by atoms with van der Waals surface area (Å²) in [5, 5.41) is 11.6. The number of nitrogens with one attached hydrogen (secondary N) is 1. The van der Waals surface area contributed by atoms with Crippen LogP contribution in [0.4, 0.5) is 0 Å². The molecule has 0 heterocycles. The van der Waals surface area contributed by atoms with Crippen molar-refractivity contribution in [3.8, 4) is 0 Å². The Hall–Kier alpha value is -1.36. The second-order valence-electron chi connectivity index (χ2n) is 3.03. The number of carbonyl (C=O) groups is 2. The third-order valence-electron chi connectivity index (χ3n) is 1.78. The molecule has 0 rings (SSSR count). The minimum atomic E-state index is -1.03. The average molecular weight is 215 g/mol. The van der Waals surface area contributed by atoms with E-state index in [0.29, 0.717) is 6.54 Å². The smallest absolute Gasteiger partial charge is 0.330 e. The molecule has 0 aliphatic rings. The van der Waals surface area contributed by atoms with Gasteiger partial charge in [0.2, 0.25) is 0 Å². The fourth-order valence-corrected chi connectivity index (χ4v) is 0.895. The summed E-state index contributed by atoms with van der Waals surface area (Å²) in [6.45, 7) is 5.65. The highest BCUT2D eigenvalue weighted by molar-refractivity contribution is 5.81. The van der Waals surface area contributed by atoms with Crippen LogP contribution in [-0.2, 0) is 14.3 Å². The summed E-state index contributed by atoms with van der Waals surface area (Å²) < 4.78 is 4.64. The van der Waals surface area contributed by atoms with Crippen molar-refractivity contribution in [3.63, 3.8) is 0 Å². The number of esters is 1. The first-order valence-corrected chi connectivity index (χ1v) is 4.87. The minimum absolute atomic E-state index is 0.177. The zero-order valence-electron chi connectivity index (χ0n) is 8.86. The van der Waals surface area contributed by atoms with Gasteiger partial charge in [0.15, 0.2) is 0 Å². The van der Waals surface area contributed by atoms with E-state index in [9.17, 15) is 9.59 Å². The number of hydrogen-bond donors (Lipinski definition) is 2. The van der Waals surface area contributed by atoms with Gasteiger partial charge in [-0.15, -0.1) is 0 Å². The fraction of sp³-hybridized carbons (Fsp3) is 0.600. The lowest BCUT2D eigenvalue weighted by Gasteiger charge is -2.13. The van der Waals surface area contributed by atoms with Gasteiger partial charge in [-0.05, 0) is 13.0 Å². The van der Waals surface area contributed by atoms with Crippen LogP contribution in [0.5, 0.6) is 0 Å². The lowest BCUT2D eigenvalue weighted by Crippen LogP contribution is -2.41. The van der Waals surface area contributed by atoms with E-state index in [2.05, 4.69) is 16.6 Å². The van der Waals surface area contributed by atoms with Crippen LogP contribution in [0, 0.1) is 0 Å². The molecule has 86 valence electrons. The number of carboxylic acid groups (broad SMARTS) is 1. The van der Waals surface area contributed by atoms with Crippen molar-refractivity contribution < 1.29 is 19.4 Å². The molecule has 0 fully saturated rings. The Morgan fingerprint density at radius 3 is 2.73 bits per heavy atom. The summed E-state index contributed by atoms with van der Waals surface area (Å²) >= 11 is 0. The Kier molecular flexibility index (Phi) is 7.27. The molecule has 0 aromatic heterocycles. The van der Waals surface area contributed by atoms with Crippen molar-refractivity contribution in [2.45, 2.75) is 25.8 Å². The number of aliphatic carboxylic acids is 1. The zero-order valence-corrected chi connectivity index (χ0v) is 8.86. The maximum Gasteiger partial charge on any atom is 0.330 e. The Morgan fingerprint density at radius 1 is 1.60 bits per heavy atom. The van der Waals surface area contributed by atoms with E-state index in [1.165, 1.54) is 0 Å². The average Bonchev–Trinajstić information content (AvgIpc) is 2.22. The lowest BCUT2D eigenvalue weighted by molar-refractivity contribution is -0.145. The minimum Gasteiger partial charge on any atom is -0.480 e. The number of carboxylic acids is 1. The van der Waals surface area contributed by atoms with Gasteiger partial charge in [0.25, 0.3) is 0 Å².